The lowest BCUT2D eigenvalue weighted by molar-refractivity contribution is 0.0945. The first-order valence-corrected chi connectivity index (χ1v) is 7.61. The molecule has 0 saturated carbocycles. The van der Waals surface area contributed by atoms with Gasteiger partial charge in [0.1, 0.15) is 5.69 Å². The Bertz CT molecular complexity index is 878. The van der Waals surface area contributed by atoms with Gasteiger partial charge in [0.05, 0.1) is 17.4 Å². The maximum absolute atomic E-state index is 12.2. The average molecular weight is 308 g/mol. The summed E-state index contributed by atoms with van der Waals surface area (Å²) in [7, 11) is 0. The van der Waals surface area contributed by atoms with Crippen molar-refractivity contribution in [2.75, 3.05) is 0 Å². The van der Waals surface area contributed by atoms with E-state index in [9.17, 15) is 4.79 Å². The molecule has 0 aliphatic carbocycles. The predicted octanol–water partition coefficient (Wildman–Crippen LogP) is 3.12. The van der Waals surface area contributed by atoms with Crippen LogP contribution in [0.15, 0.2) is 24.5 Å². The Hall–Kier alpha value is -2.69. The third-order valence-electron chi connectivity index (χ3n) is 4.10. The lowest BCUT2D eigenvalue weighted by atomic mass is 10.0. The van der Waals surface area contributed by atoms with Crippen molar-refractivity contribution >= 4 is 16.8 Å². The van der Waals surface area contributed by atoms with Crippen LogP contribution in [0, 0.1) is 27.7 Å². The number of rotatable bonds is 3. The minimum atomic E-state index is -0.216. The molecule has 0 aliphatic rings. The van der Waals surface area contributed by atoms with Crippen LogP contribution in [0.5, 0.6) is 0 Å². The van der Waals surface area contributed by atoms with E-state index in [1.807, 2.05) is 6.92 Å². The van der Waals surface area contributed by atoms with Crippen molar-refractivity contribution in [1.82, 2.24) is 20.3 Å². The van der Waals surface area contributed by atoms with Gasteiger partial charge >= 0.3 is 0 Å². The number of aromatic amines is 1. The van der Waals surface area contributed by atoms with Gasteiger partial charge in [-0.05, 0) is 44.9 Å². The number of nitrogens with zero attached hydrogens (tertiary/aromatic N) is 2. The van der Waals surface area contributed by atoms with Gasteiger partial charge in [-0.2, -0.15) is 0 Å². The summed E-state index contributed by atoms with van der Waals surface area (Å²) in [5.41, 5.74) is 6.87. The van der Waals surface area contributed by atoms with Crippen LogP contribution in [0.25, 0.3) is 10.9 Å². The summed E-state index contributed by atoms with van der Waals surface area (Å²) in [5.74, 6) is -0.216. The second-order valence-electron chi connectivity index (χ2n) is 5.95. The number of carbonyl (C=O) groups is 1. The maximum atomic E-state index is 12.2. The fourth-order valence-electron chi connectivity index (χ4n) is 2.70. The molecule has 5 heteroatoms. The summed E-state index contributed by atoms with van der Waals surface area (Å²) in [6.07, 6.45) is 3.09. The smallest absolute Gasteiger partial charge is 0.271 e. The Morgan fingerprint density at radius 1 is 1.13 bits per heavy atom. The number of hydrogen-bond donors (Lipinski definition) is 2. The molecular formula is C18H20N4O. The second-order valence-corrected chi connectivity index (χ2v) is 5.95. The summed E-state index contributed by atoms with van der Waals surface area (Å²) >= 11 is 0. The average Bonchev–Trinajstić information content (AvgIpc) is 2.81. The van der Waals surface area contributed by atoms with Crippen molar-refractivity contribution < 1.29 is 4.79 Å². The Morgan fingerprint density at radius 3 is 2.61 bits per heavy atom. The first-order chi connectivity index (χ1) is 11.0. The van der Waals surface area contributed by atoms with Crippen LogP contribution in [0.1, 0.15) is 38.6 Å². The zero-order valence-corrected chi connectivity index (χ0v) is 13.8. The molecule has 3 rings (SSSR count). The first-order valence-electron chi connectivity index (χ1n) is 7.61. The van der Waals surface area contributed by atoms with Crippen LogP contribution in [0.4, 0.5) is 0 Å². The van der Waals surface area contributed by atoms with Gasteiger partial charge in [0.15, 0.2) is 0 Å². The third kappa shape index (κ3) is 2.95. The molecule has 0 aliphatic heterocycles. The van der Waals surface area contributed by atoms with E-state index in [1.165, 1.54) is 22.7 Å². The number of benzene rings is 1. The summed E-state index contributed by atoms with van der Waals surface area (Å²) in [4.78, 5) is 23.8. The third-order valence-corrected chi connectivity index (χ3v) is 4.10. The predicted molar refractivity (Wildman–Crippen MR) is 90.4 cm³/mol. The van der Waals surface area contributed by atoms with Crippen LogP contribution < -0.4 is 5.32 Å². The van der Waals surface area contributed by atoms with E-state index in [0.29, 0.717) is 12.2 Å². The highest BCUT2D eigenvalue weighted by Gasteiger charge is 2.12. The largest absolute Gasteiger partial charge is 0.358 e. The molecule has 0 fully saturated rings. The minimum absolute atomic E-state index is 0.216. The molecule has 23 heavy (non-hydrogen) atoms. The van der Waals surface area contributed by atoms with Crippen LogP contribution in [0.2, 0.25) is 0 Å². The second kappa shape index (κ2) is 5.83. The quantitative estimate of drug-likeness (QED) is 0.781. The zero-order chi connectivity index (χ0) is 16.6. The molecular weight excluding hydrogens is 288 g/mol. The first kappa shape index (κ1) is 15.2. The molecule has 2 heterocycles. The standard InChI is InChI=1S/C18H20N4O/c1-10-5-14(17-15(6-10)12(3)13(4)22-17)8-21-18(23)16-9-19-11(2)7-20-16/h5-7,9,22H,8H2,1-4H3,(H,21,23). The molecule has 0 bridgehead atoms. The van der Waals surface area contributed by atoms with Gasteiger partial charge in [-0.15, -0.1) is 0 Å². The van der Waals surface area contributed by atoms with E-state index < -0.39 is 0 Å². The molecule has 5 nitrogen and oxygen atoms in total. The van der Waals surface area contributed by atoms with E-state index in [2.05, 4.69) is 53.2 Å². The normalized spacial score (nSPS) is 11.0. The fraction of sp³-hybridized carbons (Fsp3) is 0.278. The topological polar surface area (TPSA) is 70.7 Å². The van der Waals surface area contributed by atoms with E-state index >= 15 is 0 Å². The van der Waals surface area contributed by atoms with Gasteiger partial charge < -0.3 is 10.3 Å². The van der Waals surface area contributed by atoms with Gasteiger partial charge in [0.2, 0.25) is 0 Å². The zero-order valence-electron chi connectivity index (χ0n) is 13.8. The number of fused-ring (bicyclic) bond motifs is 1. The lowest BCUT2D eigenvalue weighted by Gasteiger charge is -2.08. The molecule has 0 unspecified atom stereocenters. The van der Waals surface area contributed by atoms with Crippen molar-refractivity contribution in [3.63, 3.8) is 0 Å². The molecule has 118 valence electrons. The fourth-order valence-corrected chi connectivity index (χ4v) is 2.70. The minimum Gasteiger partial charge on any atom is -0.358 e. The van der Waals surface area contributed by atoms with Crippen molar-refractivity contribution in [1.29, 1.82) is 0 Å². The summed E-state index contributed by atoms with van der Waals surface area (Å²) in [6.45, 7) is 8.53. The maximum Gasteiger partial charge on any atom is 0.271 e. The number of carbonyl (C=O) groups excluding carboxylic acids is 1. The van der Waals surface area contributed by atoms with Crippen LogP contribution in [-0.2, 0) is 6.54 Å². The van der Waals surface area contributed by atoms with Crippen LogP contribution >= 0.6 is 0 Å². The molecule has 0 spiro atoms. The van der Waals surface area contributed by atoms with Crippen molar-refractivity contribution in [2.45, 2.75) is 34.2 Å². The number of amides is 1. The van der Waals surface area contributed by atoms with E-state index in [4.69, 9.17) is 0 Å². The lowest BCUT2D eigenvalue weighted by Crippen LogP contribution is -2.24. The molecule has 2 aromatic heterocycles. The van der Waals surface area contributed by atoms with E-state index in [1.54, 1.807) is 6.20 Å². The Kier molecular flexibility index (Phi) is 3.86. The van der Waals surface area contributed by atoms with Crippen LogP contribution in [0.3, 0.4) is 0 Å². The highest BCUT2D eigenvalue weighted by molar-refractivity contribution is 5.92. The summed E-state index contributed by atoms with van der Waals surface area (Å²) < 4.78 is 0. The van der Waals surface area contributed by atoms with E-state index in [-0.39, 0.29) is 5.91 Å². The molecule has 3 aromatic rings. The highest BCUT2D eigenvalue weighted by Crippen LogP contribution is 2.26. The van der Waals surface area contributed by atoms with Gasteiger partial charge in [0.25, 0.3) is 5.91 Å². The van der Waals surface area contributed by atoms with Gasteiger partial charge in [-0.3, -0.25) is 9.78 Å². The number of aromatic nitrogens is 3. The molecule has 0 radical (unpaired) electrons. The van der Waals surface area contributed by atoms with Crippen LogP contribution in [-0.4, -0.2) is 20.9 Å². The number of nitrogens with one attached hydrogen (secondary N) is 2. The summed E-state index contributed by atoms with van der Waals surface area (Å²) in [5, 5.41) is 4.13. The number of H-pyrrole nitrogens is 1. The molecule has 0 saturated heterocycles. The number of aryl methyl sites for hydroxylation is 4. The van der Waals surface area contributed by atoms with Crippen molar-refractivity contribution in [3.05, 3.63) is 58.3 Å². The highest BCUT2D eigenvalue weighted by atomic mass is 16.1. The Balaban J connectivity index is 1.85. The van der Waals surface area contributed by atoms with Crippen molar-refractivity contribution in [3.8, 4) is 0 Å². The SMILES string of the molecule is Cc1cc(CNC(=O)c2cnc(C)cn2)c2[nH]c(C)c(C)c2c1. The Morgan fingerprint density at radius 2 is 1.91 bits per heavy atom. The van der Waals surface area contributed by atoms with Gasteiger partial charge in [-0.25, -0.2) is 4.98 Å². The summed E-state index contributed by atoms with van der Waals surface area (Å²) in [6, 6.07) is 4.27. The van der Waals surface area contributed by atoms with Gasteiger partial charge in [0, 0.05) is 23.8 Å². The van der Waals surface area contributed by atoms with Gasteiger partial charge in [-0.1, -0.05) is 11.6 Å². The molecule has 2 N–H and O–H groups in total. The molecule has 1 aromatic carbocycles. The number of hydrogen-bond acceptors (Lipinski definition) is 3. The van der Waals surface area contributed by atoms with E-state index in [0.717, 1.165) is 22.5 Å². The van der Waals surface area contributed by atoms with Crippen molar-refractivity contribution in [2.24, 2.45) is 0 Å². The Labute approximate surface area is 135 Å². The monoisotopic (exact) mass is 308 g/mol. The molecule has 1 amide bonds. The molecule has 0 atom stereocenters.